The summed E-state index contributed by atoms with van der Waals surface area (Å²) >= 11 is 0. The lowest BCUT2D eigenvalue weighted by Crippen LogP contribution is -2.54. The molecule has 0 aliphatic carbocycles. The van der Waals surface area contributed by atoms with Gasteiger partial charge in [0.1, 0.15) is 0 Å². The fourth-order valence-electron chi connectivity index (χ4n) is 3.72. The lowest BCUT2D eigenvalue weighted by Gasteiger charge is -2.43. The smallest absolute Gasteiger partial charge is 0.0546 e. The molecule has 0 aromatic heterocycles. The van der Waals surface area contributed by atoms with E-state index in [2.05, 4.69) is 29.0 Å². The summed E-state index contributed by atoms with van der Waals surface area (Å²) in [5.74, 6) is 0. The van der Waals surface area contributed by atoms with E-state index >= 15 is 0 Å². The first kappa shape index (κ1) is 17.2. The van der Waals surface area contributed by atoms with Crippen molar-refractivity contribution in [2.45, 2.75) is 39.5 Å². The quantitative estimate of drug-likeness (QED) is 0.692. The number of piperazine rings is 1. The van der Waals surface area contributed by atoms with Crippen molar-refractivity contribution < 1.29 is 4.74 Å². The minimum absolute atomic E-state index is 0.348. The topological polar surface area (TPSA) is 27.7 Å². The number of nitrogens with zero attached hydrogens (tertiary/aromatic N) is 2. The zero-order valence-electron chi connectivity index (χ0n) is 14.2. The van der Waals surface area contributed by atoms with Crippen molar-refractivity contribution in [1.29, 1.82) is 0 Å². The van der Waals surface area contributed by atoms with Crippen LogP contribution in [-0.4, -0.2) is 75.4 Å². The van der Waals surface area contributed by atoms with Crippen molar-refractivity contribution in [3.63, 3.8) is 0 Å². The van der Waals surface area contributed by atoms with E-state index in [0.717, 1.165) is 26.3 Å². The van der Waals surface area contributed by atoms with Crippen LogP contribution in [0.4, 0.5) is 0 Å². The summed E-state index contributed by atoms with van der Waals surface area (Å²) < 4.78 is 5.84. The molecule has 0 saturated carbocycles. The molecule has 124 valence electrons. The zero-order valence-corrected chi connectivity index (χ0v) is 14.2. The van der Waals surface area contributed by atoms with Crippen molar-refractivity contribution in [2.24, 2.45) is 5.41 Å². The van der Waals surface area contributed by atoms with Gasteiger partial charge in [0.2, 0.25) is 0 Å². The second-order valence-corrected chi connectivity index (χ2v) is 6.95. The van der Waals surface area contributed by atoms with E-state index in [1.165, 1.54) is 65.0 Å². The minimum atomic E-state index is 0.348. The lowest BCUT2D eigenvalue weighted by molar-refractivity contribution is -0.0327. The summed E-state index contributed by atoms with van der Waals surface area (Å²) in [5, 5.41) is 3.65. The third-order valence-corrected chi connectivity index (χ3v) is 4.89. The summed E-state index contributed by atoms with van der Waals surface area (Å²) in [6.07, 6.45) is 5.04. The van der Waals surface area contributed by atoms with Crippen molar-refractivity contribution in [3.8, 4) is 0 Å². The third-order valence-electron chi connectivity index (χ3n) is 4.89. The maximum atomic E-state index is 5.84. The van der Waals surface area contributed by atoms with E-state index in [4.69, 9.17) is 4.74 Å². The lowest BCUT2D eigenvalue weighted by atomic mass is 9.81. The molecule has 2 saturated heterocycles. The van der Waals surface area contributed by atoms with Crippen molar-refractivity contribution in [2.75, 3.05) is 65.6 Å². The van der Waals surface area contributed by atoms with Gasteiger partial charge in [-0.3, -0.25) is 0 Å². The van der Waals surface area contributed by atoms with Gasteiger partial charge in [-0.2, -0.15) is 0 Å². The van der Waals surface area contributed by atoms with Gasteiger partial charge < -0.3 is 19.9 Å². The molecule has 2 aliphatic rings. The van der Waals surface area contributed by atoms with E-state index < -0.39 is 0 Å². The van der Waals surface area contributed by atoms with Gasteiger partial charge in [0.15, 0.2) is 0 Å². The van der Waals surface area contributed by atoms with Crippen LogP contribution in [-0.2, 0) is 4.74 Å². The summed E-state index contributed by atoms with van der Waals surface area (Å²) in [6, 6.07) is 0. The Kier molecular flexibility index (Phi) is 7.44. The summed E-state index contributed by atoms with van der Waals surface area (Å²) in [7, 11) is 0. The number of rotatable bonds is 8. The predicted octanol–water partition coefficient (Wildman–Crippen LogP) is 1.81. The molecule has 4 heteroatoms. The van der Waals surface area contributed by atoms with Crippen LogP contribution in [0.2, 0.25) is 0 Å². The van der Waals surface area contributed by atoms with E-state index in [9.17, 15) is 0 Å². The van der Waals surface area contributed by atoms with Gasteiger partial charge in [0.05, 0.1) is 6.61 Å². The Hall–Kier alpha value is -0.160. The maximum absolute atomic E-state index is 5.84. The van der Waals surface area contributed by atoms with E-state index in [-0.39, 0.29) is 0 Å². The number of hydrogen-bond donors (Lipinski definition) is 1. The first-order valence-electron chi connectivity index (χ1n) is 9.01. The number of hydrogen-bond acceptors (Lipinski definition) is 4. The molecule has 0 spiro atoms. The zero-order chi connectivity index (χ0) is 15.0. The second-order valence-electron chi connectivity index (χ2n) is 6.95. The fourth-order valence-corrected chi connectivity index (χ4v) is 3.72. The Morgan fingerprint density at radius 3 is 2.43 bits per heavy atom. The van der Waals surface area contributed by atoms with Gasteiger partial charge in [-0.05, 0) is 38.8 Å². The van der Waals surface area contributed by atoms with Crippen LogP contribution in [0.5, 0.6) is 0 Å². The monoisotopic (exact) mass is 297 g/mol. The highest BCUT2D eigenvalue weighted by atomic mass is 16.5. The van der Waals surface area contributed by atoms with Crippen LogP contribution in [0, 0.1) is 5.41 Å². The standard InChI is InChI=1S/C17H35N3O/c1-3-7-18-14-17(6-5-13-21-16-17)15-20-11-9-19(8-4-2)10-12-20/h18H,3-16H2,1-2H3. The molecule has 0 radical (unpaired) electrons. The van der Waals surface area contributed by atoms with E-state index in [1.807, 2.05) is 0 Å². The van der Waals surface area contributed by atoms with Gasteiger partial charge >= 0.3 is 0 Å². The second kappa shape index (κ2) is 9.09. The Balaban J connectivity index is 1.81. The molecule has 1 unspecified atom stereocenters. The van der Waals surface area contributed by atoms with E-state index in [0.29, 0.717) is 5.41 Å². The molecule has 1 N–H and O–H groups in total. The molecule has 0 amide bonds. The first-order chi connectivity index (χ1) is 10.3. The minimum Gasteiger partial charge on any atom is -0.381 e. The number of ether oxygens (including phenoxy) is 1. The molecular weight excluding hydrogens is 262 g/mol. The molecule has 0 aromatic rings. The third kappa shape index (κ3) is 5.51. The number of nitrogens with one attached hydrogen (secondary N) is 1. The molecule has 2 heterocycles. The fraction of sp³-hybridized carbons (Fsp3) is 1.00. The molecule has 2 aliphatic heterocycles. The molecule has 0 bridgehead atoms. The van der Waals surface area contributed by atoms with Gasteiger partial charge in [0.25, 0.3) is 0 Å². The molecular formula is C17H35N3O. The Bertz CT molecular complexity index is 271. The molecule has 2 fully saturated rings. The maximum Gasteiger partial charge on any atom is 0.0546 e. The van der Waals surface area contributed by atoms with Crippen molar-refractivity contribution in [3.05, 3.63) is 0 Å². The van der Waals surface area contributed by atoms with Gasteiger partial charge in [-0.1, -0.05) is 13.8 Å². The summed E-state index contributed by atoms with van der Waals surface area (Å²) in [4.78, 5) is 5.28. The predicted molar refractivity (Wildman–Crippen MR) is 88.8 cm³/mol. The average molecular weight is 297 g/mol. The highest BCUT2D eigenvalue weighted by Gasteiger charge is 2.35. The molecule has 0 aromatic carbocycles. The van der Waals surface area contributed by atoms with Crippen LogP contribution < -0.4 is 5.32 Å². The van der Waals surface area contributed by atoms with Crippen LogP contribution in [0.3, 0.4) is 0 Å². The Morgan fingerprint density at radius 2 is 1.81 bits per heavy atom. The van der Waals surface area contributed by atoms with Crippen molar-refractivity contribution in [1.82, 2.24) is 15.1 Å². The van der Waals surface area contributed by atoms with Gasteiger partial charge in [-0.15, -0.1) is 0 Å². The molecule has 2 rings (SSSR count). The largest absolute Gasteiger partial charge is 0.381 e. The van der Waals surface area contributed by atoms with E-state index in [1.54, 1.807) is 0 Å². The normalized spacial score (nSPS) is 28.9. The molecule has 21 heavy (non-hydrogen) atoms. The SMILES string of the molecule is CCCNCC1(CN2CCN(CCC)CC2)CCCOC1. The Morgan fingerprint density at radius 1 is 1.05 bits per heavy atom. The van der Waals surface area contributed by atoms with Crippen molar-refractivity contribution >= 4 is 0 Å². The first-order valence-corrected chi connectivity index (χ1v) is 9.01. The van der Waals surface area contributed by atoms with Crippen LogP contribution in [0.25, 0.3) is 0 Å². The highest BCUT2D eigenvalue weighted by Crippen LogP contribution is 2.29. The molecule has 4 nitrogen and oxygen atoms in total. The Labute approximate surface area is 131 Å². The molecule has 1 atom stereocenters. The summed E-state index contributed by atoms with van der Waals surface area (Å²) in [5.41, 5.74) is 0.348. The van der Waals surface area contributed by atoms with Crippen LogP contribution >= 0.6 is 0 Å². The van der Waals surface area contributed by atoms with Gasteiger partial charge in [-0.25, -0.2) is 0 Å². The summed E-state index contributed by atoms with van der Waals surface area (Å²) in [6.45, 7) is 16.1. The average Bonchev–Trinajstić information content (AvgIpc) is 2.51. The highest BCUT2D eigenvalue weighted by molar-refractivity contribution is 4.88. The van der Waals surface area contributed by atoms with Gasteiger partial charge in [0, 0.05) is 51.3 Å². The van der Waals surface area contributed by atoms with Crippen LogP contribution in [0.1, 0.15) is 39.5 Å². The van der Waals surface area contributed by atoms with Crippen LogP contribution in [0.15, 0.2) is 0 Å².